The second-order valence-corrected chi connectivity index (χ2v) is 6.35. The third-order valence-corrected chi connectivity index (χ3v) is 4.21. The van der Waals surface area contributed by atoms with Crippen molar-refractivity contribution in [2.45, 2.75) is 19.1 Å². The molecule has 0 radical (unpaired) electrons. The van der Waals surface area contributed by atoms with Gasteiger partial charge in [0, 0.05) is 30.4 Å². The number of nitro benzene ring substituents is 1. The SMILES string of the molecule is O=C(NC(Cc1cn(-c2ccc([N+](=O)[O-])cc2)cn1)C(=O)O)OCc1ccccc1. The summed E-state index contributed by atoms with van der Waals surface area (Å²) in [7, 11) is 0. The van der Waals surface area contributed by atoms with Gasteiger partial charge < -0.3 is 19.7 Å². The number of aromatic nitrogens is 2. The van der Waals surface area contributed by atoms with Gasteiger partial charge in [0.25, 0.3) is 5.69 Å². The van der Waals surface area contributed by atoms with Gasteiger partial charge in [-0.2, -0.15) is 0 Å². The number of nitrogens with one attached hydrogen (secondary N) is 1. The highest BCUT2D eigenvalue weighted by molar-refractivity contribution is 5.80. The van der Waals surface area contributed by atoms with Crippen LogP contribution in [0.25, 0.3) is 5.69 Å². The van der Waals surface area contributed by atoms with Crippen LogP contribution >= 0.6 is 0 Å². The van der Waals surface area contributed by atoms with Crippen LogP contribution in [0.4, 0.5) is 10.5 Å². The maximum absolute atomic E-state index is 12.0. The fraction of sp³-hybridized carbons (Fsp3) is 0.150. The van der Waals surface area contributed by atoms with E-state index in [1.54, 1.807) is 47.2 Å². The highest BCUT2D eigenvalue weighted by Gasteiger charge is 2.22. The number of carboxylic acids is 1. The molecule has 0 bridgehead atoms. The minimum atomic E-state index is -1.23. The lowest BCUT2D eigenvalue weighted by atomic mass is 10.1. The molecule has 0 fully saturated rings. The monoisotopic (exact) mass is 410 g/mol. The summed E-state index contributed by atoms with van der Waals surface area (Å²) in [6.07, 6.45) is 2.15. The lowest BCUT2D eigenvalue weighted by Crippen LogP contribution is -2.42. The topological polar surface area (TPSA) is 137 Å². The van der Waals surface area contributed by atoms with Crippen molar-refractivity contribution >= 4 is 17.7 Å². The molecule has 3 rings (SSSR count). The second-order valence-electron chi connectivity index (χ2n) is 6.35. The van der Waals surface area contributed by atoms with E-state index in [1.807, 2.05) is 6.07 Å². The first-order valence-electron chi connectivity index (χ1n) is 8.90. The van der Waals surface area contributed by atoms with E-state index in [-0.39, 0.29) is 18.7 Å². The molecule has 0 aliphatic rings. The Morgan fingerprint density at radius 2 is 1.87 bits per heavy atom. The molecule has 1 atom stereocenters. The van der Waals surface area contributed by atoms with E-state index in [0.29, 0.717) is 11.4 Å². The fourth-order valence-corrected chi connectivity index (χ4v) is 2.67. The highest BCUT2D eigenvalue weighted by atomic mass is 16.6. The van der Waals surface area contributed by atoms with E-state index in [1.165, 1.54) is 18.5 Å². The number of nitrogens with zero attached hydrogens (tertiary/aromatic N) is 3. The molecule has 1 aromatic heterocycles. The Hall–Kier alpha value is -4.21. The minimum absolute atomic E-state index is 0.0216. The van der Waals surface area contributed by atoms with E-state index < -0.39 is 23.0 Å². The van der Waals surface area contributed by atoms with Crippen molar-refractivity contribution in [2.75, 3.05) is 0 Å². The molecular weight excluding hydrogens is 392 g/mol. The molecule has 10 nitrogen and oxygen atoms in total. The Bertz CT molecular complexity index is 1030. The van der Waals surface area contributed by atoms with E-state index >= 15 is 0 Å². The zero-order chi connectivity index (χ0) is 21.5. The van der Waals surface area contributed by atoms with Crippen molar-refractivity contribution in [1.29, 1.82) is 0 Å². The van der Waals surface area contributed by atoms with Gasteiger partial charge in [-0.05, 0) is 17.7 Å². The summed E-state index contributed by atoms with van der Waals surface area (Å²) >= 11 is 0. The van der Waals surface area contributed by atoms with Crippen LogP contribution in [0.1, 0.15) is 11.3 Å². The van der Waals surface area contributed by atoms with Gasteiger partial charge in [-0.3, -0.25) is 10.1 Å². The first-order valence-corrected chi connectivity index (χ1v) is 8.90. The maximum atomic E-state index is 12.0. The van der Waals surface area contributed by atoms with Gasteiger partial charge >= 0.3 is 12.1 Å². The number of hydrogen-bond acceptors (Lipinski definition) is 6. The van der Waals surface area contributed by atoms with Crippen LogP contribution in [-0.4, -0.2) is 37.7 Å². The Morgan fingerprint density at radius 3 is 2.50 bits per heavy atom. The van der Waals surface area contributed by atoms with Gasteiger partial charge in [-0.25, -0.2) is 14.6 Å². The standard InChI is InChI=1S/C20H18N4O6/c25-19(26)18(22-20(27)30-12-14-4-2-1-3-5-14)10-15-11-23(13-21-15)16-6-8-17(9-7-16)24(28)29/h1-9,11,13,18H,10,12H2,(H,22,27)(H,25,26). The quantitative estimate of drug-likeness (QED) is 0.430. The number of carboxylic acid groups (broad SMARTS) is 1. The average Bonchev–Trinajstić information content (AvgIpc) is 3.21. The van der Waals surface area contributed by atoms with Crippen molar-refractivity contribution < 1.29 is 24.4 Å². The Kier molecular flexibility index (Phi) is 6.38. The van der Waals surface area contributed by atoms with Gasteiger partial charge in [0.2, 0.25) is 0 Å². The molecule has 2 N–H and O–H groups in total. The zero-order valence-corrected chi connectivity index (χ0v) is 15.7. The van der Waals surface area contributed by atoms with Crippen molar-refractivity contribution in [2.24, 2.45) is 0 Å². The summed E-state index contributed by atoms with van der Waals surface area (Å²) in [6.45, 7) is 0.0216. The number of rotatable bonds is 8. The number of benzene rings is 2. The number of carbonyl (C=O) groups is 2. The molecule has 0 saturated carbocycles. The number of carbonyl (C=O) groups excluding carboxylic acids is 1. The summed E-state index contributed by atoms with van der Waals surface area (Å²) in [5, 5.41) is 22.5. The van der Waals surface area contributed by atoms with E-state index in [2.05, 4.69) is 10.3 Å². The number of ether oxygens (including phenoxy) is 1. The van der Waals surface area contributed by atoms with E-state index in [0.717, 1.165) is 5.56 Å². The first-order chi connectivity index (χ1) is 14.4. The molecule has 2 aromatic carbocycles. The number of imidazole rings is 1. The molecule has 0 spiro atoms. The predicted molar refractivity (Wildman–Crippen MR) is 105 cm³/mol. The molecule has 1 amide bonds. The molecular formula is C20H18N4O6. The van der Waals surface area contributed by atoms with Gasteiger partial charge in [0.1, 0.15) is 12.6 Å². The van der Waals surface area contributed by atoms with Gasteiger partial charge in [0.05, 0.1) is 16.9 Å². The molecule has 0 aliphatic heterocycles. The van der Waals surface area contributed by atoms with Crippen LogP contribution in [0.2, 0.25) is 0 Å². The number of alkyl carbamates (subject to hydrolysis) is 1. The Morgan fingerprint density at radius 1 is 1.17 bits per heavy atom. The molecule has 30 heavy (non-hydrogen) atoms. The first kappa shape index (κ1) is 20.5. The lowest BCUT2D eigenvalue weighted by molar-refractivity contribution is -0.384. The second kappa shape index (κ2) is 9.32. The van der Waals surface area contributed by atoms with Crippen molar-refractivity contribution in [1.82, 2.24) is 14.9 Å². The van der Waals surface area contributed by atoms with Gasteiger partial charge in [0.15, 0.2) is 0 Å². The molecule has 3 aromatic rings. The van der Waals surface area contributed by atoms with Crippen LogP contribution in [0, 0.1) is 10.1 Å². The molecule has 1 heterocycles. The van der Waals surface area contributed by atoms with Gasteiger partial charge in [-0.15, -0.1) is 0 Å². The molecule has 154 valence electrons. The van der Waals surface area contributed by atoms with E-state index in [4.69, 9.17) is 4.74 Å². The number of hydrogen-bond donors (Lipinski definition) is 2. The summed E-state index contributed by atoms with van der Waals surface area (Å²) in [5.41, 5.74) is 1.79. The number of nitro groups is 1. The normalized spacial score (nSPS) is 11.5. The number of non-ortho nitro benzene ring substituents is 1. The Labute approximate surface area is 170 Å². The summed E-state index contributed by atoms with van der Waals surface area (Å²) in [4.78, 5) is 37.9. The third-order valence-electron chi connectivity index (χ3n) is 4.21. The zero-order valence-electron chi connectivity index (χ0n) is 15.7. The highest BCUT2D eigenvalue weighted by Crippen LogP contribution is 2.16. The molecule has 0 saturated heterocycles. The summed E-state index contributed by atoms with van der Waals surface area (Å²) in [6, 6.07) is 13.6. The third kappa shape index (κ3) is 5.41. The van der Waals surface area contributed by atoms with Crippen molar-refractivity contribution in [3.05, 3.63) is 88.5 Å². The van der Waals surface area contributed by atoms with E-state index in [9.17, 15) is 24.8 Å². The summed E-state index contributed by atoms with van der Waals surface area (Å²) in [5.74, 6) is -1.23. The van der Waals surface area contributed by atoms with Crippen LogP contribution in [0.3, 0.4) is 0 Å². The van der Waals surface area contributed by atoms with Crippen LogP contribution < -0.4 is 5.32 Å². The number of amides is 1. The van der Waals surface area contributed by atoms with Crippen LogP contribution in [0.15, 0.2) is 67.1 Å². The minimum Gasteiger partial charge on any atom is -0.480 e. The largest absolute Gasteiger partial charge is 0.480 e. The molecule has 0 aliphatic carbocycles. The maximum Gasteiger partial charge on any atom is 0.408 e. The molecule has 1 unspecified atom stereocenters. The fourth-order valence-electron chi connectivity index (χ4n) is 2.67. The van der Waals surface area contributed by atoms with Crippen LogP contribution in [-0.2, 0) is 22.6 Å². The van der Waals surface area contributed by atoms with Crippen LogP contribution in [0.5, 0.6) is 0 Å². The summed E-state index contributed by atoms with van der Waals surface area (Å²) < 4.78 is 6.66. The lowest BCUT2D eigenvalue weighted by Gasteiger charge is -2.13. The van der Waals surface area contributed by atoms with Gasteiger partial charge in [-0.1, -0.05) is 30.3 Å². The smallest absolute Gasteiger partial charge is 0.408 e. The van der Waals surface area contributed by atoms with Crippen molar-refractivity contribution in [3.8, 4) is 5.69 Å². The Balaban J connectivity index is 1.60. The predicted octanol–water partition coefficient (Wildman–Crippen LogP) is 2.70. The average molecular weight is 410 g/mol. The van der Waals surface area contributed by atoms with Crippen molar-refractivity contribution in [3.63, 3.8) is 0 Å². The molecule has 10 heteroatoms. The number of aliphatic carboxylic acids is 1.